The van der Waals surface area contributed by atoms with Crippen LogP contribution in [0.1, 0.15) is 31.1 Å². The molecule has 1 amide bonds. The van der Waals surface area contributed by atoms with E-state index in [-0.39, 0.29) is 17.9 Å². The highest BCUT2D eigenvalue weighted by atomic mass is 16.5. The second kappa shape index (κ2) is 4.30. The molecule has 2 saturated carbocycles. The Labute approximate surface area is 111 Å². The van der Waals surface area contributed by atoms with Crippen LogP contribution >= 0.6 is 0 Å². The molecule has 19 heavy (non-hydrogen) atoms. The molecule has 1 aromatic heterocycles. The molecule has 102 valence electrons. The van der Waals surface area contributed by atoms with E-state index in [4.69, 9.17) is 9.26 Å². The van der Waals surface area contributed by atoms with Gasteiger partial charge in [0.1, 0.15) is 6.04 Å². The molecule has 0 aromatic carbocycles. The van der Waals surface area contributed by atoms with Crippen LogP contribution in [0.25, 0.3) is 0 Å². The molecule has 3 fully saturated rings. The van der Waals surface area contributed by atoms with E-state index in [1.807, 2.05) is 4.90 Å². The highest BCUT2D eigenvalue weighted by Gasteiger charge is 2.53. The topological polar surface area (TPSA) is 68.5 Å². The van der Waals surface area contributed by atoms with E-state index in [2.05, 4.69) is 10.1 Å². The van der Waals surface area contributed by atoms with Crippen LogP contribution in [0.5, 0.6) is 0 Å². The van der Waals surface area contributed by atoms with Crippen LogP contribution in [0.4, 0.5) is 0 Å². The van der Waals surface area contributed by atoms with Gasteiger partial charge in [-0.1, -0.05) is 5.16 Å². The lowest BCUT2D eigenvalue weighted by Crippen LogP contribution is -2.44. The van der Waals surface area contributed by atoms with Gasteiger partial charge in [-0.05, 0) is 31.1 Å². The van der Waals surface area contributed by atoms with Gasteiger partial charge in [0, 0.05) is 12.5 Å². The van der Waals surface area contributed by atoms with Crippen molar-refractivity contribution in [2.24, 2.45) is 17.8 Å². The van der Waals surface area contributed by atoms with Crippen LogP contribution in [-0.4, -0.2) is 40.7 Å². The number of hydrogen-bond donors (Lipinski definition) is 0. The first-order valence-electron chi connectivity index (χ1n) is 6.99. The molecule has 0 N–H and O–H groups in total. The summed E-state index contributed by atoms with van der Waals surface area (Å²) in [4.78, 5) is 18.6. The van der Waals surface area contributed by atoms with Crippen molar-refractivity contribution in [2.45, 2.75) is 25.3 Å². The lowest BCUT2D eigenvalue weighted by atomic mass is 10.1. The Morgan fingerprint density at radius 2 is 2.32 bits per heavy atom. The minimum Gasteiger partial charge on any atom is -0.377 e. The highest BCUT2D eigenvalue weighted by Crippen LogP contribution is 2.55. The number of morpholine rings is 1. The van der Waals surface area contributed by atoms with Gasteiger partial charge in [0.25, 0.3) is 0 Å². The van der Waals surface area contributed by atoms with E-state index < -0.39 is 0 Å². The lowest BCUT2D eigenvalue weighted by molar-refractivity contribution is -0.142. The molecule has 0 radical (unpaired) electrons. The van der Waals surface area contributed by atoms with E-state index in [0.717, 1.165) is 12.3 Å². The SMILES string of the molecule is O=C(C1CC1C1CC1)N1CCOCC1c1ncon1. The summed E-state index contributed by atoms with van der Waals surface area (Å²) in [5, 5.41) is 3.86. The molecule has 1 saturated heterocycles. The summed E-state index contributed by atoms with van der Waals surface area (Å²) in [5.41, 5.74) is 0. The number of rotatable bonds is 3. The summed E-state index contributed by atoms with van der Waals surface area (Å²) in [5.74, 6) is 2.51. The first kappa shape index (κ1) is 11.4. The third-order valence-electron chi connectivity index (χ3n) is 4.47. The Balaban J connectivity index is 1.49. The maximum absolute atomic E-state index is 12.6. The number of amides is 1. The van der Waals surface area contributed by atoms with E-state index >= 15 is 0 Å². The molecule has 3 atom stereocenters. The van der Waals surface area contributed by atoms with Crippen molar-refractivity contribution < 1.29 is 14.1 Å². The second-order valence-corrected chi connectivity index (χ2v) is 5.76. The predicted molar refractivity (Wildman–Crippen MR) is 63.9 cm³/mol. The third-order valence-corrected chi connectivity index (χ3v) is 4.47. The fourth-order valence-electron chi connectivity index (χ4n) is 3.16. The van der Waals surface area contributed by atoms with Crippen molar-refractivity contribution in [3.63, 3.8) is 0 Å². The zero-order valence-corrected chi connectivity index (χ0v) is 10.7. The van der Waals surface area contributed by atoms with Crippen molar-refractivity contribution >= 4 is 5.91 Å². The van der Waals surface area contributed by atoms with Gasteiger partial charge in [0.2, 0.25) is 12.3 Å². The Hall–Kier alpha value is -1.43. The maximum Gasteiger partial charge on any atom is 0.226 e. The van der Waals surface area contributed by atoms with Crippen molar-refractivity contribution in [2.75, 3.05) is 19.8 Å². The lowest BCUT2D eigenvalue weighted by Gasteiger charge is -2.34. The summed E-state index contributed by atoms with van der Waals surface area (Å²) in [6.45, 7) is 1.69. The fourth-order valence-corrected chi connectivity index (χ4v) is 3.16. The molecule has 1 aromatic rings. The van der Waals surface area contributed by atoms with Crippen LogP contribution in [0.2, 0.25) is 0 Å². The van der Waals surface area contributed by atoms with Crippen LogP contribution in [-0.2, 0) is 9.53 Å². The second-order valence-electron chi connectivity index (χ2n) is 5.76. The number of carbonyl (C=O) groups is 1. The summed E-state index contributed by atoms with van der Waals surface area (Å²) < 4.78 is 10.2. The summed E-state index contributed by atoms with van der Waals surface area (Å²) in [6, 6.07) is -0.180. The summed E-state index contributed by atoms with van der Waals surface area (Å²) in [7, 11) is 0. The van der Waals surface area contributed by atoms with Crippen molar-refractivity contribution in [3.05, 3.63) is 12.2 Å². The average molecular weight is 263 g/mol. The minimum absolute atomic E-state index is 0.180. The first-order chi connectivity index (χ1) is 9.34. The number of aromatic nitrogens is 2. The largest absolute Gasteiger partial charge is 0.377 e. The quantitative estimate of drug-likeness (QED) is 0.814. The van der Waals surface area contributed by atoms with E-state index in [0.29, 0.717) is 31.5 Å². The first-order valence-corrected chi connectivity index (χ1v) is 6.99. The van der Waals surface area contributed by atoms with Crippen molar-refractivity contribution in [1.29, 1.82) is 0 Å². The van der Waals surface area contributed by atoms with E-state index in [9.17, 15) is 4.79 Å². The Morgan fingerprint density at radius 3 is 3.05 bits per heavy atom. The van der Waals surface area contributed by atoms with Crippen molar-refractivity contribution in [3.8, 4) is 0 Å². The molecule has 4 rings (SSSR count). The van der Waals surface area contributed by atoms with Gasteiger partial charge in [-0.15, -0.1) is 0 Å². The molecule has 6 heteroatoms. The van der Waals surface area contributed by atoms with Gasteiger partial charge in [0.05, 0.1) is 13.2 Å². The summed E-state index contributed by atoms with van der Waals surface area (Å²) in [6.07, 6.45) is 4.99. The molecule has 0 bridgehead atoms. The number of carbonyl (C=O) groups excluding carboxylic acids is 1. The molecule has 6 nitrogen and oxygen atoms in total. The highest BCUT2D eigenvalue weighted by molar-refractivity contribution is 5.82. The number of hydrogen-bond acceptors (Lipinski definition) is 5. The smallest absolute Gasteiger partial charge is 0.226 e. The molecule has 1 aliphatic heterocycles. The van der Waals surface area contributed by atoms with Gasteiger partial charge in [-0.2, -0.15) is 4.98 Å². The van der Waals surface area contributed by atoms with Gasteiger partial charge < -0.3 is 14.2 Å². The molecule has 3 aliphatic rings. The zero-order valence-electron chi connectivity index (χ0n) is 10.7. The summed E-state index contributed by atoms with van der Waals surface area (Å²) >= 11 is 0. The van der Waals surface area contributed by atoms with Crippen LogP contribution in [0.15, 0.2) is 10.9 Å². The Morgan fingerprint density at radius 1 is 1.42 bits per heavy atom. The maximum atomic E-state index is 12.6. The van der Waals surface area contributed by atoms with Gasteiger partial charge in [-0.3, -0.25) is 4.79 Å². The van der Waals surface area contributed by atoms with Crippen molar-refractivity contribution in [1.82, 2.24) is 15.0 Å². The molecule has 0 spiro atoms. The molecular formula is C13H17N3O3. The van der Waals surface area contributed by atoms with Crippen LogP contribution < -0.4 is 0 Å². The zero-order chi connectivity index (χ0) is 12.8. The molecule has 2 heterocycles. The molecule has 3 unspecified atom stereocenters. The van der Waals surface area contributed by atoms with E-state index in [1.165, 1.54) is 19.2 Å². The normalized spacial score (nSPS) is 34.3. The molecule has 2 aliphatic carbocycles. The third kappa shape index (κ3) is 2.04. The molecular weight excluding hydrogens is 246 g/mol. The van der Waals surface area contributed by atoms with Crippen LogP contribution in [0.3, 0.4) is 0 Å². The van der Waals surface area contributed by atoms with Gasteiger partial charge in [0.15, 0.2) is 5.82 Å². The average Bonchev–Trinajstić information content (AvgIpc) is 3.34. The predicted octanol–water partition coefficient (Wildman–Crippen LogP) is 1.02. The van der Waals surface area contributed by atoms with Crippen LogP contribution in [0, 0.1) is 17.8 Å². The minimum atomic E-state index is -0.180. The number of ether oxygens (including phenoxy) is 1. The monoisotopic (exact) mass is 263 g/mol. The Bertz CT molecular complexity index is 471. The number of nitrogens with zero attached hydrogens (tertiary/aromatic N) is 3. The standard InChI is InChI=1S/C13H17N3O3/c17-13(10-5-9(10)8-1-2-8)16-3-4-18-6-11(16)12-14-7-19-15-12/h7-11H,1-6H2. The Kier molecular flexibility index (Phi) is 2.58. The van der Waals surface area contributed by atoms with Gasteiger partial charge >= 0.3 is 0 Å². The fraction of sp³-hybridized carbons (Fsp3) is 0.769. The van der Waals surface area contributed by atoms with E-state index in [1.54, 1.807) is 0 Å². The van der Waals surface area contributed by atoms with Gasteiger partial charge in [-0.25, -0.2) is 0 Å².